The quantitative estimate of drug-likeness (QED) is 0.523. The fourth-order valence-corrected chi connectivity index (χ4v) is 4.95. The van der Waals surface area contributed by atoms with Gasteiger partial charge in [0.2, 0.25) is 5.91 Å². The second-order valence-corrected chi connectivity index (χ2v) is 9.15. The van der Waals surface area contributed by atoms with Gasteiger partial charge in [-0.1, -0.05) is 15.9 Å². The molecular weight excluding hydrogens is 464 g/mol. The monoisotopic (exact) mass is 488 g/mol. The summed E-state index contributed by atoms with van der Waals surface area (Å²) in [6, 6.07) is 6.27. The number of piperidine rings is 1. The SMILES string of the molecule is CCN1C(=O)/C(=C/c2cn(CC(=O)N3CCCC[C@@H]3C)c3ccc(Br)cc23)NC1=S. The van der Waals surface area contributed by atoms with E-state index in [1.165, 1.54) is 11.3 Å². The summed E-state index contributed by atoms with van der Waals surface area (Å²) in [5.41, 5.74) is 2.29. The van der Waals surface area contributed by atoms with Gasteiger partial charge in [0.25, 0.3) is 5.91 Å². The minimum absolute atomic E-state index is 0.128. The molecule has 1 N–H and O–H groups in total. The molecule has 1 atom stereocenters. The largest absolute Gasteiger partial charge is 0.338 e. The van der Waals surface area contributed by atoms with E-state index in [1.807, 2.05) is 46.9 Å². The van der Waals surface area contributed by atoms with Crippen molar-refractivity contribution < 1.29 is 9.59 Å². The smallest absolute Gasteiger partial charge is 0.276 e. The Morgan fingerprint density at radius 2 is 2.17 bits per heavy atom. The molecule has 158 valence electrons. The van der Waals surface area contributed by atoms with Gasteiger partial charge in [-0.15, -0.1) is 0 Å². The minimum Gasteiger partial charge on any atom is -0.338 e. The number of carbonyl (C=O) groups excluding carboxylic acids is 2. The number of thiocarbonyl (C=S) groups is 1. The zero-order valence-electron chi connectivity index (χ0n) is 17.2. The number of hydrogen-bond acceptors (Lipinski definition) is 3. The average Bonchev–Trinajstić information content (AvgIpc) is 3.18. The fourth-order valence-electron chi connectivity index (χ4n) is 4.26. The maximum atomic E-state index is 13.0. The number of fused-ring (bicyclic) bond motifs is 1. The van der Waals surface area contributed by atoms with E-state index in [2.05, 4.69) is 28.2 Å². The summed E-state index contributed by atoms with van der Waals surface area (Å²) in [6.45, 7) is 5.65. The Hall–Kier alpha value is -2.19. The van der Waals surface area contributed by atoms with E-state index in [1.54, 1.807) is 0 Å². The lowest BCUT2D eigenvalue weighted by atomic mass is 10.0. The van der Waals surface area contributed by atoms with Gasteiger partial charge in [0.05, 0.1) is 0 Å². The summed E-state index contributed by atoms with van der Waals surface area (Å²) in [5, 5.41) is 4.42. The van der Waals surface area contributed by atoms with Crippen LogP contribution in [0.25, 0.3) is 17.0 Å². The Balaban J connectivity index is 1.69. The summed E-state index contributed by atoms with van der Waals surface area (Å²) in [7, 11) is 0. The molecule has 2 amide bonds. The van der Waals surface area contributed by atoms with Crippen LogP contribution < -0.4 is 5.32 Å². The van der Waals surface area contributed by atoms with E-state index >= 15 is 0 Å². The summed E-state index contributed by atoms with van der Waals surface area (Å²) < 4.78 is 2.92. The van der Waals surface area contributed by atoms with Crippen molar-refractivity contribution in [1.82, 2.24) is 19.7 Å². The highest BCUT2D eigenvalue weighted by Crippen LogP contribution is 2.28. The molecule has 2 saturated heterocycles. The number of benzene rings is 1. The van der Waals surface area contributed by atoms with Crippen LogP contribution in [0, 0.1) is 0 Å². The van der Waals surface area contributed by atoms with Crippen LogP contribution >= 0.6 is 28.1 Å². The molecule has 0 spiro atoms. The summed E-state index contributed by atoms with van der Waals surface area (Å²) in [5.74, 6) is 0.00578. The zero-order valence-corrected chi connectivity index (χ0v) is 19.6. The normalized spacial score (nSPS) is 21.0. The van der Waals surface area contributed by atoms with Gasteiger partial charge in [-0.05, 0) is 69.6 Å². The minimum atomic E-state index is -0.128. The molecule has 2 aromatic rings. The molecule has 6 nitrogen and oxygen atoms in total. The van der Waals surface area contributed by atoms with Crippen molar-refractivity contribution >= 4 is 62.1 Å². The number of likely N-dealkylation sites (N-methyl/N-ethyl adjacent to an activating group) is 1. The number of carbonyl (C=O) groups is 2. The highest BCUT2D eigenvalue weighted by molar-refractivity contribution is 9.10. The lowest BCUT2D eigenvalue weighted by Crippen LogP contribution is -2.43. The zero-order chi connectivity index (χ0) is 21.4. The van der Waals surface area contributed by atoms with Gasteiger partial charge in [0.1, 0.15) is 12.2 Å². The van der Waals surface area contributed by atoms with E-state index in [0.29, 0.717) is 17.4 Å². The van der Waals surface area contributed by atoms with Crippen LogP contribution in [0.1, 0.15) is 38.7 Å². The first-order valence-corrected chi connectivity index (χ1v) is 11.5. The van der Waals surface area contributed by atoms with E-state index in [-0.39, 0.29) is 24.4 Å². The number of hydrogen-bond donors (Lipinski definition) is 1. The Kier molecular flexibility index (Phi) is 5.97. The first kappa shape index (κ1) is 21.1. The van der Waals surface area contributed by atoms with Gasteiger partial charge in [-0.2, -0.15) is 0 Å². The Labute approximate surface area is 190 Å². The summed E-state index contributed by atoms with van der Waals surface area (Å²) in [4.78, 5) is 29.2. The Morgan fingerprint density at radius 1 is 1.37 bits per heavy atom. The van der Waals surface area contributed by atoms with Gasteiger partial charge in [0, 0.05) is 46.3 Å². The van der Waals surface area contributed by atoms with Crippen molar-refractivity contribution in [2.45, 2.75) is 45.7 Å². The van der Waals surface area contributed by atoms with Gasteiger partial charge < -0.3 is 14.8 Å². The summed E-state index contributed by atoms with van der Waals surface area (Å²) in [6.07, 6.45) is 7.08. The topological polar surface area (TPSA) is 57.6 Å². The molecule has 2 fully saturated rings. The molecule has 0 saturated carbocycles. The first-order chi connectivity index (χ1) is 14.4. The van der Waals surface area contributed by atoms with Crippen LogP contribution in [0.2, 0.25) is 0 Å². The van der Waals surface area contributed by atoms with Crippen LogP contribution in [0.4, 0.5) is 0 Å². The molecule has 0 aliphatic carbocycles. The van der Waals surface area contributed by atoms with E-state index in [4.69, 9.17) is 12.2 Å². The predicted molar refractivity (Wildman–Crippen MR) is 126 cm³/mol. The third-order valence-corrected chi connectivity index (χ3v) is 6.70. The first-order valence-electron chi connectivity index (χ1n) is 10.3. The molecule has 30 heavy (non-hydrogen) atoms. The number of halogens is 1. The molecule has 1 aromatic heterocycles. The van der Waals surface area contributed by atoms with Crippen LogP contribution in [0.3, 0.4) is 0 Å². The molecule has 0 unspecified atom stereocenters. The standard InChI is InChI=1S/C22H25BrN4O2S/c1-3-26-21(29)18(24-22(26)30)10-15-12-25(19-8-7-16(23)11-17(15)19)13-20(28)27-9-5-4-6-14(27)2/h7-8,10-12,14H,3-6,9,13H2,1-2H3,(H,24,30)/b18-10-/t14-/m0/s1. The number of amides is 2. The molecule has 0 bridgehead atoms. The second-order valence-electron chi connectivity index (χ2n) is 7.84. The lowest BCUT2D eigenvalue weighted by molar-refractivity contribution is -0.135. The summed E-state index contributed by atoms with van der Waals surface area (Å²) >= 11 is 8.80. The van der Waals surface area contributed by atoms with Crippen LogP contribution in [-0.2, 0) is 16.1 Å². The van der Waals surface area contributed by atoms with Crippen molar-refractivity contribution in [3.05, 3.63) is 40.1 Å². The molecule has 3 heterocycles. The number of rotatable bonds is 4. The maximum Gasteiger partial charge on any atom is 0.276 e. The van der Waals surface area contributed by atoms with Crippen molar-refractivity contribution in [1.29, 1.82) is 0 Å². The van der Waals surface area contributed by atoms with Crippen LogP contribution in [0.5, 0.6) is 0 Å². The highest BCUT2D eigenvalue weighted by atomic mass is 79.9. The van der Waals surface area contributed by atoms with Gasteiger partial charge in [-0.25, -0.2) is 0 Å². The maximum absolute atomic E-state index is 13.0. The average molecular weight is 489 g/mol. The molecule has 0 radical (unpaired) electrons. The van der Waals surface area contributed by atoms with E-state index in [0.717, 1.165) is 40.3 Å². The van der Waals surface area contributed by atoms with E-state index < -0.39 is 0 Å². The number of nitrogens with one attached hydrogen (secondary N) is 1. The Bertz CT molecular complexity index is 1060. The molecule has 1 aromatic carbocycles. The van der Waals surface area contributed by atoms with Crippen LogP contribution in [0.15, 0.2) is 34.6 Å². The van der Waals surface area contributed by atoms with Crippen molar-refractivity contribution in [2.24, 2.45) is 0 Å². The third kappa shape index (κ3) is 3.90. The van der Waals surface area contributed by atoms with E-state index in [9.17, 15) is 9.59 Å². The molecular formula is C22H25BrN4O2S. The molecule has 4 rings (SSSR count). The van der Waals surface area contributed by atoms with Crippen LogP contribution in [-0.4, -0.2) is 50.4 Å². The predicted octanol–water partition coefficient (Wildman–Crippen LogP) is 3.88. The number of aromatic nitrogens is 1. The second kappa shape index (κ2) is 8.51. The molecule has 8 heteroatoms. The van der Waals surface area contributed by atoms with Crippen molar-refractivity contribution in [2.75, 3.05) is 13.1 Å². The van der Waals surface area contributed by atoms with Crippen molar-refractivity contribution in [3.8, 4) is 0 Å². The fraction of sp³-hybridized carbons (Fsp3) is 0.409. The van der Waals surface area contributed by atoms with Gasteiger partial charge in [0.15, 0.2) is 5.11 Å². The number of nitrogens with zero attached hydrogens (tertiary/aromatic N) is 3. The highest BCUT2D eigenvalue weighted by Gasteiger charge is 2.29. The Morgan fingerprint density at radius 3 is 2.87 bits per heavy atom. The van der Waals surface area contributed by atoms with Crippen molar-refractivity contribution in [3.63, 3.8) is 0 Å². The third-order valence-electron chi connectivity index (χ3n) is 5.88. The van der Waals surface area contributed by atoms with Gasteiger partial charge >= 0.3 is 0 Å². The number of likely N-dealkylation sites (tertiary alicyclic amines) is 1. The van der Waals surface area contributed by atoms with Gasteiger partial charge in [-0.3, -0.25) is 14.5 Å². The molecule has 2 aliphatic heterocycles. The molecule has 2 aliphatic rings. The lowest BCUT2D eigenvalue weighted by Gasteiger charge is -2.33.